The summed E-state index contributed by atoms with van der Waals surface area (Å²) in [7, 11) is -1.09. The predicted octanol–water partition coefficient (Wildman–Crippen LogP) is 4.81. The summed E-state index contributed by atoms with van der Waals surface area (Å²) in [6.07, 6.45) is 8.29. The summed E-state index contributed by atoms with van der Waals surface area (Å²) >= 11 is 0. The first kappa shape index (κ1) is 22.3. The van der Waals surface area contributed by atoms with Gasteiger partial charge in [-0.15, -0.1) is 31.2 Å². The second-order valence-corrected chi connectivity index (χ2v) is 10.5. The molecule has 0 saturated carbocycles. The van der Waals surface area contributed by atoms with Gasteiger partial charge < -0.3 is 0 Å². The largest absolute Gasteiger partial charge is 0.273 e. The molecule has 0 aromatic carbocycles. The molecule has 0 bridgehead atoms. The van der Waals surface area contributed by atoms with E-state index in [4.69, 9.17) is 0 Å². The molecule has 1 aliphatic carbocycles. The van der Waals surface area contributed by atoms with E-state index in [9.17, 15) is 0 Å². The molecule has 0 spiro atoms. The fourth-order valence-corrected chi connectivity index (χ4v) is 2.91. The fraction of sp³-hybridized carbons (Fsp3) is 0.667. The van der Waals surface area contributed by atoms with Crippen LogP contribution < -0.4 is 0 Å². The van der Waals surface area contributed by atoms with Crippen molar-refractivity contribution in [2.24, 2.45) is 5.92 Å². The van der Waals surface area contributed by atoms with Gasteiger partial charge in [0.2, 0.25) is 0 Å². The first-order valence-corrected chi connectivity index (χ1v) is 8.70. The Morgan fingerprint density at radius 3 is 2.06 bits per heavy atom. The Morgan fingerprint density at radius 2 is 1.75 bits per heavy atom. The van der Waals surface area contributed by atoms with E-state index in [0.29, 0.717) is 0 Å². The molecule has 1 rings (SSSR count). The average Bonchev–Trinajstić information content (AvgIpc) is 2.32. The van der Waals surface area contributed by atoms with Gasteiger partial charge >= 0.3 is 0 Å². The van der Waals surface area contributed by atoms with Gasteiger partial charge in [0.05, 0.1) is 0 Å². The van der Waals surface area contributed by atoms with Gasteiger partial charge in [0, 0.05) is 33.9 Å². The van der Waals surface area contributed by atoms with Crippen molar-refractivity contribution in [3.05, 3.63) is 22.9 Å². The van der Waals surface area contributed by atoms with Crippen LogP contribution in [-0.2, 0) is 25.8 Å². The van der Waals surface area contributed by atoms with Crippen molar-refractivity contribution in [2.75, 3.05) is 0 Å². The predicted molar refractivity (Wildman–Crippen MR) is 76.8 cm³/mol. The molecule has 0 amide bonds. The normalized spacial score (nSPS) is 14.4. The molecule has 1 aliphatic rings. The Bertz CT molecular complexity index is 252. The van der Waals surface area contributed by atoms with Crippen LogP contribution in [0.5, 0.6) is 0 Å². The molecule has 0 fully saturated rings. The molecule has 16 heavy (non-hydrogen) atoms. The molecule has 0 aromatic heterocycles. The summed E-state index contributed by atoms with van der Waals surface area (Å²) in [6, 6.07) is 0. The Balaban J connectivity index is -0.000000563. The van der Waals surface area contributed by atoms with Crippen LogP contribution in [0.15, 0.2) is 16.8 Å². The van der Waals surface area contributed by atoms with E-state index in [1.807, 2.05) is 0 Å². The van der Waals surface area contributed by atoms with Gasteiger partial charge in [-0.3, -0.25) is 6.08 Å². The molecule has 0 heterocycles. The molecule has 0 N–H and O–H groups in total. The molecule has 0 nitrogen and oxygen atoms in total. The maximum Gasteiger partial charge on any atom is 0.0393 e. The van der Waals surface area contributed by atoms with Crippen LogP contribution in [0, 0.1) is 12.0 Å². The molecule has 0 atom stereocenters. The van der Waals surface area contributed by atoms with Crippen LogP contribution in [0.25, 0.3) is 0 Å². The van der Waals surface area contributed by atoms with Gasteiger partial charge in [-0.2, -0.15) is 5.57 Å². The van der Waals surface area contributed by atoms with Crippen molar-refractivity contribution in [1.82, 2.24) is 0 Å². The maximum atomic E-state index is 3.54. The fourth-order valence-electron chi connectivity index (χ4n) is 1.65. The molecule has 0 radical (unpaired) electrons. The summed E-state index contributed by atoms with van der Waals surface area (Å²) in [5.41, 5.74) is 1.59. The first-order valence-electron chi connectivity index (χ1n) is 5.20. The van der Waals surface area contributed by atoms with Crippen molar-refractivity contribution in [3.8, 4) is 0 Å². The second kappa shape index (κ2) is 9.13. The third-order valence-electron chi connectivity index (χ3n) is 2.33. The number of halogens is 2. The molecule has 0 aliphatic heterocycles. The average molecular weight is 445 g/mol. The molecule has 0 aromatic rings. The summed E-state index contributed by atoms with van der Waals surface area (Å²) < 4.78 is 0. The van der Waals surface area contributed by atoms with E-state index >= 15 is 0 Å². The van der Waals surface area contributed by atoms with Gasteiger partial charge in [0.25, 0.3) is 0 Å². The minimum absolute atomic E-state index is 0. The Hall–Kier alpha value is 1.15. The summed E-state index contributed by atoms with van der Waals surface area (Å²) in [4.78, 5) is 0. The summed E-state index contributed by atoms with van der Waals surface area (Å²) in [5.74, 6) is 0.786. The molecule has 0 saturated heterocycles. The molecule has 0 unspecified atom stereocenters. The van der Waals surface area contributed by atoms with Gasteiger partial charge in [0.1, 0.15) is 0 Å². The zero-order chi connectivity index (χ0) is 10.1. The first-order chi connectivity index (χ1) is 5.89. The smallest absolute Gasteiger partial charge is 0.0393 e. The monoisotopic (exact) mass is 445 g/mol. The number of rotatable bonds is 3. The van der Waals surface area contributed by atoms with E-state index in [0.717, 1.165) is 12.3 Å². The number of allylic oxidation sites excluding steroid dienone is 4. The van der Waals surface area contributed by atoms with Gasteiger partial charge in [-0.25, -0.2) is 11.3 Å². The van der Waals surface area contributed by atoms with Crippen LogP contribution in [0.3, 0.4) is 0 Å². The van der Waals surface area contributed by atoms with Gasteiger partial charge in [-0.1, -0.05) is 33.5 Å². The Morgan fingerprint density at radius 1 is 1.25 bits per heavy atom. The molecule has 4 heteroatoms. The van der Waals surface area contributed by atoms with Crippen LogP contribution in [0.4, 0.5) is 0 Å². The van der Waals surface area contributed by atoms with Gasteiger partial charge in [-0.05, 0) is 12.3 Å². The SMILES string of the molecule is CC(C)CC1=CC([Si](C)(C)C)=[C-]C1.Cl.Cl.[Hf]. The van der Waals surface area contributed by atoms with E-state index < -0.39 is 8.07 Å². The van der Waals surface area contributed by atoms with Crippen molar-refractivity contribution in [1.29, 1.82) is 0 Å². The third-order valence-corrected chi connectivity index (χ3v) is 4.27. The van der Waals surface area contributed by atoms with E-state index in [1.165, 1.54) is 11.6 Å². The quantitative estimate of drug-likeness (QED) is 0.433. The molecular formula is C12H23Cl2HfSi-. The Labute approximate surface area is 133 Å². The van der Waals surface area contributed by atoms with Crippen molar-refractivity contribution in [2.45, 2.75) is 46.3 Å². The van der Waals surface area contributed by atoms with Crippen LogP contribution in [0.2, 0.25) is 19.6 Å². The third kappa shape index (κ3) is 7.47. The van der Waals surface area contributed by atoms with E-state index in [-0.39, 0.29) is 50.7 Å². The Kier molecular flexibility index (Phi) is 12.7. The standard InChI is InChI=1S/C12H21Si.2ClH.Hf/c1-10(2)8-11-6-7-12(9-11)13(3,4)5;;;/h9-10H,6,8H2,1-5H3;2*1H;/q-1;;;. The molecule has 94 valence electrons. The van der Waals surface area contributed by atoms with Gasteiger partial charge in [0.15, 0.2) is 0 Å². The number of hydrogen-bond acceptors (Lipinski definition) is 0. The second-order valence-electron chi connectivity index (χ2n) is 5.42. The van der Waals surface area contributed by atoms with Crippen LogP contribution >= 0.6 is 24.8 Å². The van der Waals surface area contributed by atoms with E-state index in [2.05, 4.69) is 45.6 Å². The summed E-state index contributed by atoms with van der Waals surface area (Å²) in [5, 5.41) is 1.53. The number of hydrogen-bond donors (Lipinski definition) is 0. The zero-order valence-electron chi connectivity index (χ0n) is 10.9. The summed E-state index contributed by atoms with van der Waals surface area (Å²) in [6.45, 7) is 11.7. The minimum atomic E-state index is -1.09. The molecular weight excluding hydrogens is 422 g/mol. The zero-order valence-corrected chi connectivity index (χ0v) is 17.1. The maximum absolute atomic E-state index is 3.54. The van der Waals surface area contributed by atoms with E-state index in [1.54, 1.807) is 5.57 Å². The van der Waals surface area contributed by atoms with Crippen LogP contribution in [0.1, 0.15) is 26.7 Å². The topological polar surface area (TPSA) is 0 Å². The minimum Gasteiger partial charge on any atom is -0.273 e. The van der Waals surface area contributed by atoms with Crippen molar-refractivity contribution >= 4 is 32.9 Å². The van der Waals surface area contributed by atoms with Crippen LogP contribution in [-0.4, -0.2) is 8.07 Å². The van der Waals surface area contributed by atoms with Crippen molar-refractivity contribution < 1.29 is 25.8 Å². The van der Waals surface area contributed by atoms with Crippen molar-refractivity contribution in [3.63, 3.8) is 0 Å².